The molecule has 2 atom stereocenters. The fourth-order valence-electron chi connectivity index (χ4n) is 11.1. The van der Waals surface area contributed by atoms with Crippen LogP contribution < -0.4 is 10.2 Å². The normalized spacial score (nSPS) is 15.3. The van der Waals surface area contributed by atoms with E-state index in [0.717, 1.165) is 22.7 Å². The van der Waals surface area contributed by atoms with Crippen molar-refractivity contribution >= 4 is 44.4 Å². The smallest absolute Gasteiger partial charge is 0.107 e. The Morgan fingerprint density at radius 3 is 1.65 bits per heavy atom. The Hall–Kier alpha value is -8.70. The van der Waals surface area contributed by atoms with Gasteiger partial charge in [0, 0.05) is 46.1 Å². The molecular weight excluding hydrogens is 837 g/mol. The molecule has 0 spiro atoms. The number of nitrogens with one attached hydrogen (secondary N) is 1. The van der Waals surface area contributed by atoms with Gasteiger partial charge in [-0.05, 0) is 86.6 Å². The largest absolute Gasteiger partial charge is 0.355 e. The van der Waals surface area contributed by atoms with E-state index in [-0.39, 0.29) is 12.2 Å². The van der Waals surface area contributed by atoms with Crippen LogP contribution >= 0.6 is 0 Å². The number of hydrogen-bond donors (Lipinski definition) is 1. The maximum Gasteiger partial charge on any atom is 0.107 e. The highest BCUT2D eigenvalue weighted by Crippen LogP contribution is 2.55. The summed E-state index contributed by atoms with van der Waals surface area (Å²) in [7, 11) is 2.21. The fraction of sp³-hybridized carbons (Fsp3) is 0.0462. The number of hydrogen-bond acceptors (Lipinski definition) is 3. The summed E-state index contributed by atoms with van der Waals surface area (Å²) in [5, 5.41) is 7.72. The van der Waals surface area contributed by atoms with E-state index >= 15 is 0 Å². The van der Waals surface area contributed by atoms with E-state index in [1.54, 1.807) is 0 Å². The van der Waals surface area contributed by atoms with Gasteiger partial charge in [-0.1, -0.05) is 212 Å². The van der Waals surface area contributed by atoms with E-state index in [2.05, 4.69) is 282 Å². The molecule has 0 saturated heterocycles. The standard InChI is InChI=1S/C65H48N4/c1-67-62(47-25-9-4-10-26-47)43-57(46-23-7-3-8-24-46)66-65(67)53-42-41-49(51-28-11-12-29-52(51)53)45-37-39-48(40-38-45)68-59-34-18-14-30-54(59)63-55-31-15-19-35-60(55)69(64(63)56-32-16-20-36-61(56)68)58-33-17-13-27-50(58)44-21-5-2-6-22-44/h2-43,57,65-66H,1H3. The second kappa shape index (κ2) is 16.9. The number of anilines is 3. The van der Waals surface area contributed by atoms with Crippen LogP contribution in [0, 0.1) is 0 Å². The van der Waals surface area contributed by atoms with Crippen molar-refractivity contribution in [2.24, 2.45) is 0 Å². The molecule has 1 aromatic heterocycles. The zero-order valence-corrected chi connectivity index (χ0v) is 38.2. The van der Waals surface area contributed by atoms with Crippen molar-refractivity contribution in [2.75, 3.05) is 11.9 Å². The highest BCUT2D eigenvalue weighted by molar-refractivity contribution is 6.13. The van der Waals surface area contributed by atoms with Gasteiger partial charge in [0.05, 0.1) is 34.3 Å². The first kappa shape index (κ1) is 40.6. The molecule has 0 radical (unpaired) electrons. The molecule has 2 aliphatic rings. The molecule has 2 unspecified atom stereocenters. The number of aromatic nitrogens is 1. The quantitative estimate of drug-likeness (QED) is 0.172. The first-order valence-electron chi connectivity index (χ1n) is 23.9. The SMILES string of the molecule is CN1C(c2ccccc2)=CC(c2ccccc2)NC1c1ccc(-c2ccc(N3c4ccccc4-c4c(n(-c5ccccc5-c5ccccc5)c5ccccc45)-c4ccccc43)cc2)c2ccccc12. The lowest BCUT2D eigenvalue weighted by molar-refractivity contribution is 0.265. The second-order valence-electron chi connectivity index (χ2n) is 18.1. The average molecular weight is 885 g/mol. The van der Waals surface area contributed by atoms with Crippen molar-refractivity contribution < 1.29 is 0 Å². The first-order chi connectivity index (χ1) is 34.2. The second-order valence-corrected chi connectivity index (χ2v) is 18.1. The molecular formula is C65H48N4. The van der Waals surface area contributed by atoms with E-state index in [4.69, 9.17) is 0 Å². The van der Waals surface area contributed by atoms with Gasteiger partial charge in [-0.2, -0.15) is 0 Å². The minimum Gasteiger partial charge on any atom is -0.355 e. The maximum absolute atomic E-state index is 4.03. The monoisotopic (exact) mass is 884 g/mol. The Kier molecular flexibility index (Phi) is 9.92. The van der Waals surface area contributed by atoms with Crippen molar-refractivity contribution in [2.45, 2.75) is 12.2 Å². The Labute approximate surface area is 403 Å². The van der Waals surface area contributed by atoms with Crippen LogP contribution in [0.25, 0.3) is 77.7 Å². The molecule has 0 aliphatic carbocycles. The summed E-state index contributed by atoms with van der Waals surface area (Å²) in [5.41, 5.74) is 20.2. The van der Waals surface area contributed by atoms with Crippen LogP contribution in [-0.2, 0) is 0 Å². The van der Waals surface area contributed by atoms with Gasteiger partial charge >= 0.3 is 0 Å². The van der Waals surface area contributed by atoms with Gasteiger partial charge in [0.25, 0.3) is 0 Å². The zero-order valence-electron chi connectivity index (χ0n) is 38.2. The lowest BCUT2D eigenvalue weighted by atomic mass is 9.91. The van der Waals surface area contributed by atoms with Crippen molar-refractivity contribution in [3.63, 3.8) is 0 Å². The molecule has 1 N–H and O–H groups in total. The Morgan fingerprint density at radius 1 is 0.391 bits per heavy atom. The molecule has 328 valence electrons. The van der Waals surface area contributed by atoms with Crippen LogP contribution in [0.2, 0.25) is 0 Å². The maximum atomic E-state index is 4.03. The van der Waals surface area contributed by atoms with Crippen LogP contribution in [0.4, 0.5) is 17.1 Å². The Balaban J connectivity index is 0.928. The minimum absolute atomic E-state index is 0.0436. The van der Waals surface area contributed by atoms with Crippen molar-refractivity contribution in [3.05, 3.63) is 271 Å². The van der Waals surface area contributed by atoms with Crippen molar-refractivity contribution in [3.8, 4) is 50.3 Å². The molecule has 10 aromatic carbocycles. The lowest BCUT2D eigenvalue weighted by Crippen LogP contribution is -2.40. The van der Waals surface area contributed by atoms with Gasteiger partial charge in [-0.3, -0.25) is 5.32 Å². The molecule has 13 rings (SSSR count). The van der Waals surface area contributed by atoms with Crippen LogP contribution in [-0.4, -0.2) is 16.5 Å². The zero-order chi connectivity index (χ0) is 45.8. The number of rotatable bonds is 7. The molecule has 4 nitrogen and oxygen atoms in total. The van der Waals surface area contributed by atoms with Gasteiger partial charge in [0.15, 0.2) is 0 Å². The van der Waals surface area contributed by atoms with Crippen LogP contribution in [0.3, 0.4) is 0 Å². The number of nitrogens with zero attached hydrogens (tertiary/aromatic N) is 3. The predicted molar refractivity (Wildman–Crippen MR) is 288 cm³/mol. The topological polar surface area (TPSA) is 23.4 Å². The third-order valence-electron chi connectivity index (χ3n) is 14.3. The summed E-state index contributed by atoms with van der Waals surface area (Å²) >= 11 is 0. The highest BCUT2D eigenvalue weighted by atomic mass is 15.3. The van der Waals surface area contributed by atoms with Gasteiger partial charge in [0.1, 0.15) is 6.17 Å². The van der Waals surface area contributed by atoms with Crippen LogP contribution in [0.1, 0.15) is 28.9 Å². The van der Waals surface area contributed by atoms with E-state index in [1.807, 2.05) is 0 Å². The summed E-state index contributed by atoms with van der Waals surface area (Å²) in [6, 6.07) is 90.7. The third-order valence-corrected chi connectivity index (χ3v) is 14.3. The van der Waals surface area contributed by atoms with E-state index in [0.29, 0.717) is 0 Å². The number of fused-ring (bicyclic) bond motifs is 8. The predicted octanol–water partition coefficient (Wildman–Crippen LogP) is 16.6. The van der Waals surface area contributed by atoms with Crippen LogP contribution in [0.5, 0.6) is 0 Å². The molecule has 0 fully saturated rings. The third kappa shape index (κ3) is 6.79. The van der Waals surface area contributed by atoms with Crippen molar-refractivity contribution in [1.82, 2.24) is 14.8 Å². The Morgan fingerprint density at radius 2 is 0.928 bits per heavy atom. The number of benzene rings is 10. The molecule has 0 saturated carbocycles. The lowest BCUT2D eigenvalue weighted by Gasteiger charge is -2.41. The average Bonchev–Trinajstić information content (AvgIpc) is 3.70. The fourth-order valence-corrected chi connectivity index (χ4v) is 11.1. The van der Waals surface area contributed by atoms with E-state index in [1.165, 1.54) is 88.7 Å². The van der Waals surface area contributed by atoms with Crippen LogP contribution in [0.15, 0.2) is 255 Å². The molecule has 11 aromatic rings. The van der Waals surface area contributed by atoms with E-state index < -0.39 is 0 Å². The summed E-state index contributed by atoms with van der Waals surface area (Å²) in [4.78, 5) is 4.86. The summed E-state index contributed by atoms with van der Waals surface area (Å²) in [5.74, 6) is 0. The molecule has 3 heterocycles. The molecule has 0 amide bonds. The first-order valence-corrected chi connectivity index (χ1v) is 23.9. The summed E-state index contributed by atoms with van der Waals surface area (Å²) < 4.78 is 2.51. The minimum atomic E-state index is -0.0650. The van der Waals surface area contributed by atoms with Gasteiger partial charge in [-0.15, -0.1) is 0 Å². The van der Waals surface area contributed by atoms with Crippen molar-refractivity contribution in [1.29, 1.82) is 0 Å². The molecule has 0 bridgehead atoms. The summed E-state index contributed by atoms with van der Waals surface area (Å²) in [6.45, 7) is 0. The van der Waals surface area contributed by atoms with E-state index in [9.17, 15) is 0 Å². The molecule has 69 heavy (non-hydrogen) atoms. The van der Waals surface area contributed by atoms with Gasteiger partial charge < -0.3 is 14.4 Å². The summed E-state index contributed by atoms with van der Waals surface area (Å²) in [6.07, 6.45) is 2.30. The van der Waals surface area contributed by atoms with Gasteiger partial charge in [0.2, 0.25) is 0 Å². The Bertz CT molecular complexity index is 3720. The van der Waals surface area contributed by atoms with Gasteiger partial charge in [-0.25, -0.2) is 0 Å². The molecule has 2 aliphatic heterocycles. The number of para-hydroxylation sites is 4. The molecule has 4 heteroatoms. The highest BCUT2D eigenvalue weighted by Gasteiger charge is 2.33.